The lowest BCUT2D eigenvalue weighted by molar-refractivity contribution is 0.0941. The van der Waals surface area contributed by atoms with Crippen LogP contribution in [0.5, 0.6) is 11.5 Å². The molecule has 0 saturated heterocycles. The molecule has 1 amide bonds. The van der Waals surface area contributed by atoms with E-state index in [9.17, 15) is 9.18 Å². The third-order valence-electron chi connectivity index (χ3n) is 2.86. The molecule has 0 bridgehead atoms. The summed E-state index contributed by atoms with van der Waals surface area (Å²) in [5, 5.41) is 2.61. The summed E-state index contributed by atoms with van der Waals surface area (Å²) in [7, 11) is 0. The van der Waals surface area contributed by atoms with Gasteiger partial charge in [0.1, 0.15) is 0 Å². The van der Waals surface area contributed by atoms with Crippen LogP contribution in [0.3, 0.4) is 0 Å². The number of hydrogen-bond acceptors (Lipinski definition) is 4. The first-order valence-electron chi connectivity index (χ1n) is 6.01. The van der Waals surface area contributed by atoms with Crippen LogP contribution in [-0.2, 0) is 6.54 Å². The van der Waals surface area contributed by atoms with E-state index in [-0.39, 0.29) is 19.0 Å². The van der Waals surface area contributed by atoms with Gasteiger partial charge in [-0.1, -0.05) is 6.07 Å². The molecule has 0 unspecified atom stereocenters. The van der Waals surface area contributed by atoms with Gasteiger partial charge in [-0.25, -0.2) is 9.37 Å². The van der Waals surface area contributed by atoms with E-state index in [1.54, 1.807) is 12.1 Å². The highest BCUT2D eigenvalue weighted by molar-refractivity contribution is 5.92. The van der Waals surface area contributed by atoms with Gasteiger partial charge < -0.3 is 14.8 Å². The van der Waals surface area contributed by atoms with Crippen molar-refractivity contribution < 1.29 is 18.7 Å². The van der Waals surface area contributed by atoms with E-state index < -0.39 is 11.7 Å². The van der Waals surface area contributed by atoms with Crippen LogP contribution < -0.4 is 14.8 Å². The highest BCUT2D eigenvalue weighted by Crippen LogP contribution is 2.32. The van der Waals surface area contributed by atoms with Gasteiger partial charge in [-0.3, -0.25) is 4.79 Å². The summed E-state index contributed by atoms with van der Waals surface area (Å²) in [4.78, 5) is 15.5. The normalized spacial score (nSPS) is 12.2. The van der Waals surface area contributed by atoms with Crippen LogP contribution >= 0.6 is 0 Å². The zero-order valence-corrected chi connectivity index (χ0v) is 10.4. The first-order chi connectivity index (χ1) is 9.74. The molecule has 1 aromatic carbocycles. The number of amides is 1. The summed E-state index contributed by atoms with van der Waals surface area (Å²) < 4.78 is 23.8. The first-order valence-corrected chi connectivity index (χ1v) is 6.01. The molecule has 0 atom stereocenters. The highest BCUT2D eigenvalue weighted by atomic mass is 19.1. The van der Waals surface area contributed by atoms with E-state index in [1.165, 1.54) is 18.3 Å². The lowest BCUT2D eigenvalue weighted by Crippen LogP contribution is -2.24. The molecule has 5 nitrogen and oxygen atoms in total. The number of benzene rings is 1. The van der Waals surface area contributed by atoms with Crippen LogP contribution in [0.2, 0.25) is 0 Å². The first kappa shape index (κ1) is 12.4. The van der Waals surface area contributed by atoms with Crippen LogP contribution in [-0.4, -0.2) is 17.7 Å². The molecule has 1 N–H and O–H groups in total. The molecule has 0 aliphatic carbocycles. The second kappa shape index (κ2) is 5.16. The topological polar surface area (TPSA) is 60.5 Å². The van der Waals surface area contributed by atoms with Gasteiger partial charge >= 0.3 is 0 Å². The molecule has 1 aliphatic rings. The average Bonchev–Trinajstić information content (AvgIpc) is 2.92. The Hall–Kier alpha value is -2.63. The number of hydrogen-bond donors (Lipinski definition) is 1. The van der Waals surface area contributed by atoms with Gasteiger partial charge in [0.15, 0.2) is 23.0 Å². The molecular formula is C14H11FN2O3. The van der Waals surface area contributed by atoms with Crippen molar-refractivity contribution in [2.75, 3.05) is 6.79 Å². The lowest BCUT2D eigenvalue weighted by Gasteiger charge is -2.06. The molecule has 0 spiro atoms. The van der Waals surface area contributed by atoms with Crippen molar-refractivity contribution in [3.05, 3.63) is 53.6 Å². The Morgan fingerprint density at radius 1 is 1.30 bits per heavy atom. The monoisotopic (exact) mass is 274 g/mol. The molecule has 102 valence electrons. The van der Waals surface area contributed by atoms with E-state index in [2.05, 4.69) is 10.3 Å². The smallest absolute Gasteiger partial charge is 0.273 e. The minimum Gasteiger partial charge on any atom is -0.454 e. The van der Waals surface area contributed by atoms with Gasteiger partial charge in [0, 0.05) is 12.7 Å². The minimum atomic E-state index is -0.643. The van der Waals surface area contributed by atoms with E-state index in [4.69, 9.17) is 9.47 Å². The molecule has 6 heteroatoms. The quantitative estimate of drug-likeness (QED) is 0.928. The Bertz CT molecular complexity index is 661. The highest BCUT2D eigenvalue weighted by Gasteiger charge is 2.15. The largest absolute Gasteiger partial charge is 0.454 e. The standard InChI is InChI=1S/C14H11FN2O3/c15-10-2-1-5-16-13(10)14(18)17-7-9-3-4-11-12(6-9)20-8-19-11/h1-6H,7-8H2,(H,17,18). The second-order valence-corrected chi connectivity index (χ2v) is 4.20. The number of halogens is 1. The number of carbonyl (C=O) groups excluding carboxylic acids is 1. The summed E-state index contributed by atoms with van der Waals surface area (Å²) in [6.07, 6.45) is 1.37. The Balaban J connectivity index is 1.68. The van der Waals surface area contributed by atoms with Gasteiger partial charge in [-0.2, -0.15) is 0 Å². The van der Waals surface area contributed by atoms with Gasteiger partial charge in [0.2, 0.25) is 6.79 Å². The fraction of sp³-hybridized carbons (Fsp3) is 0.143. The molecule has 2 heterocycles. The third kappa shape index (κ3) is 2.40. The van der Waals surface area contributed by atoms with Crippen molar-refractivity contribution in [1.82, 2.24) is 10.3 Å². The second-order valence-electron chi connectivity index (χ2n) is 4.20. The molecule has 1 aliphatic heterocycles. The number of pyridine rings is 1. The van der Waals surface area contributed by atoms with Gasteiger partial charge in [0.05, 0.1) is 0 Å². The number of nitrogens with zero attached hydrogens (tertiary/aromatic N) is 1. The van der Waals surface area contributed by atoms with Crippen LogP contribution in [0.4, 0.5) is 4.39 Å². The Labute approximate surface area is 114 Å². The Morgan fingerprint density at radius 2 is 2.15 bits per heavy atom. The van der Waals surface area contributed by atoms with Crippen molar-refractivity contribution in [3.63, 3.8) is 0 Å². The Kier molecular flexibility index (Phi) is 3.20. The summed E-state index contributed by atoms with van der Waals surface area (Å²) >= 11 is 0. The molecule has 3 rings (SSSR count). The van der Waals surface area contributed by atoms with Gasteiger partial charge in [0.25, 0.3) is 5.91 Å². The van der Waals surface area contributed by atoms with Crippen LogP contribution in [0.1, 0.15) is 16.1 Å². The third-order valence-corrected chi connectivity index (χ3v) is 2.86. The van der Waals surface area contributed by atoms with E-state index in [0.717, 1.165) is 5.56 Å². The zero-order chi connectivity index (χ0) is 13.9. The van der Waals surface area contributed by atoms with Crippen LogP contribution in [0.25, 0.3) is 0 Å². The summed E-state index contributed by atoms with van der Waals surface area (Å²) in [5.41, 5.74) is 0.618. The van der Waals surface area contributed by atoms with Gasteiger partial charge in [-0.15, -0.1) is 0 Å². The van der Waals surface area contributed by atoms with Crippen molar-refractivity contribution in [3.8, 4) is 11.5 Å². The van der Waals surface area contributed by atoms with Crippen molar-refractivity contribution >= 4 is 5.91 Å². The maximum atomic E-state index is 13.4. The molecule has 20 heavy (non-hydrogen) atoms. The number of carbonyl (C=O) groups is 1. The Morgan fingerprint density at radius 3 is 3.00 bits per heavy atom. The minimum absolute atomic E-state index is 0.199. The number of rotatable bonds is 3. The maximum Gasteiger partial charge on any atom is 0.273 e. The van der Waals surface area contributed by atoms with Crippen LogP contribution in [0, 0.1) is 5.82 Å². The number of nitrogens with one attached hydrogen (secondary N) is 1. The van der Waals surface area contributed by atoms with Crippen LogP contribution in [0.15, 0.2) is 36.5 Å². The molecule has 0 saturated carbocycles. The van der Waals surface area contributed by atoms with Crippen molar-refractivity contribution in [2.45, 2.75) is 6.54 Å². The number of aromatic nitrogens is 1. The van der Waals surface area contributed by atoms with Crippen molar-refractivity contribution in [1.29, 1.82) is 0 Å². The van der Waals surface area contributed by atoms with E-state index in [0.29, 0.717) is 11.5 Å². The molecule has 1 aromatic heterocycles. The van der Waals surface area contributed by atoms with E-state index >= 15 is 0 Å². The maximum absolute atomic E-state index is 13.4. The SMILES string of the molecule is O=C(NCc1ccc2c(c1)OCO2)c1ncccc1F. The summed E-state index contributed by atoms with van der Waals surface area (Å²) in [6, 6.07) is 7.98. The zero-order valence-electron chi connectivity index (χ0n) is 10.4. The molecule has 0 fully saturated rings. The lowest BCUT2D eigenvalue weighted by atomic mass is 10.2. The summed E-state index contributed by atoms with van der Waals surface area (Å²) in [6.45, 7) is 0.454. The average molecular weight is 274 g/mol. The predicted octanol–water partition coefficient (Wildman–Crippen LogP) is 1.88. The fourth-order valence-corrected chi connectivity index (χ4v) is 1.87. The fourth-order valence-electron chi connectivity index (χ4n) is 1.87. The van der Waals surface area contributed by atoms with Gasteiger partial charge in [-0.05, 0) is 29.8 Å². The predicted molar refractivity (Wildman–Crippen MR) is 67.9 cm³/mol. The molecule has 2 aromatic rings. The number of ether oxygens (including phenoxy) is 2. The van der Waals surface area contributed by atoms with Crippen molar-refractivity contribution in [2.24, 2.45) is 0 Å². The molecular weight excluding hydrogens is 263 g/mol. The number of fused-ring (bicyclic) bond motifs is 1. The summed E-state index contributed by atoms with van der Waals surface area (Å²) in [5.74, 6) is 0.119. The van der Waals surface area contributed by atoms with E-state index in [1.807, 2.05) is 6.07 Å². The molecule has 0 radical (unpaired) electrons.